The number of carboxylic acids is 1. The number of amides is 1. The van der Waals surface area contributed by atoms with E-state index in [1.807, 2.05) is 0 Å². The normalized spacial score (nSPS) is 11.8. The third-order valence-electron chi connectivity index (χ3n) is 1.57. The van der Waals surface area contributed by atoms with E-state index < -0.39 is 17.9 Å². The molecule has 0 aliphatic heterocycles. The van der Waals surface area contributed by atoms with Gasteiger partial charge < -0.3 is 21.6 Å². The highest BCUT2D eigenvalue weighted by molar-refractivity contribution is 7.99. The van der Waals surface area contributed by atoms with Crippen molar-refractivity contribution in [1.82, 2.24) is 5.32 Å². The molecule has 0 rings (SSSR count). The van der Waals surface area contributed by atoms with Crippen LogP contribution < -0.4 is 11.1 Å². The second kappa shape index (κ2) is 8.25. The van der Waals surface area contributed by atoms with Crippen molar-refractivity contribution in [3.8, 4) is 0 Å². The zero-order chi connectivity index (χ0) is 11.7. The summed E-state index contributed by atoms with van der Waals surface area (Å²) >= 11 is 1.52. The Morgan fingerprint density at radius 3 is 2.73 bits per heavy atom. The quantitative estimate of drug-likeness (QED) is 0.326. The van der Waals surface area contributed by atoms with Crippen molar-refractivity contribution in [2.75, 3.05) is 18.1 Å². The van der Waals surface area contributed by atoms with Gasteiger partial charge in [0, 0.05) is 12.3 Å². The number of nitrogens with two attached hydrogens (primary N) is 1. The number of hydrogen-bond acceptors (Lipinski definition) is 5. The van der Waals surface area contributed by atoms with Gasteiger partial charge in [-0.05, 0) is 12.2 Å². The van der Waals surface area contributed by atoms with Crippen molar-refractivity contribution in [2.24, 2.45) is 5.73 Å². The highest BCUT2D eigenvalue weighted by Crippen LogP contribution is 2.02. The molecule has 0 aromatic heterocycles. The fraction of sp³-hybridized carbons (Fsp3) is 0.625. The number of nitrogens with one attached hydrogen (secondary N) is 2. The predicted molar refractivity (Wildman–Crippen MR) is 59.3 cm³/mol. The molecule has 15 heavy (non-hydrogen) atoms. The van der Waals surface area contributed by atoms with Gasteiger partial charge >= 0.3 is 5.97 Å². The summed E-state index contributed by atoms with van der Waals surface area (Å²) in [6.07, 6.45) is 1.13. The van der Waals surface area contributed by atoms with E-state index in [0.717, 1.165) is 0 Å². The first-order valence-corrected chi connectivity index (χ1v) is 5.58. The van der Waals surface area contributed by atoms with Crippen LogP contribution in [0.3, 0.4) is 0 Å². The molecular weight excluding hydrogens is 218 g/mol. The average molecular weight is 233 g/mol. The molecule has 0 radical (unpaired) electrons. The van der Waals surface area contributed by atoms with Crippen molar-refractivity contribution in [3.05, 3.63) is 0 Å². The minimum atomic E-state index is -0.993. The topological polar surface area (TPSA) is 116 Å². The van der Waals surface area contributed by atoms with Gasteiger partial charge in [-0.15, -0.1) is 0 Å². The molecule has 0 unspecified atom stereocenters. The van der Waals surface area contributed by atoms with Gasteiger partial charge in [0.25, 0.3) is 5.91 Å². The Morgan fingerprint density at radius 2 is 2.20 bits per heavy atom. The van der Waals surface area contributed by atoms with Crippen LogP contribution in [0, 0.1) is 5.41 Å². The molecular formula is C8H15N3O3S. The van der Waals surface area contributed by atoms with E-state index >= 15 is 0 Å². The van der Waals surface area contributed by atoms with Crippen molar-refractivity contribution in [2.45, 2.75) is 12.5 Å². The maximum absolute atomic E-state index is 10.6. The fourth-order valence-electron chi connectivity index (χ4n) is 0.733. The summed E-state index contributed by atoms with van der Waals surface area (Å²) < 4.78 is 0. The molecule has 0 aliphatic carbocycles. The van der Waals surface area contributed by atoms with Gasteiger partial charge in [-0.25, -0.2) is 0 Å². The van der Waals surface area contributed by atoms with Crippen LogP contribution in [0.15, 0.2) is 0 Å². The lowest BCUT2D eigenvalue weighted by Crippen LogP contribution is -2.30. The van der Waals surface area contributed by atoms with E-state index in [-0.39, 0.29) is 0 Å². The molecule has 6 nitrogen and oxygen atoms in total. The summed E-state index contributed by atoms with van der Waals surface area (Å²) in [6.45, 7) is 0.473. The highest BCUT2D eigenvalue weighted by Gasteiger charge is 2.09. The predicted octanol–water partition coefficient (Wildman–Crippen LogP) is -0.713. The maximum Gasteiger partial charge on any atom is 0.320 e. The monoisotopic (exact) mass is 233 g/mol. The average Bonchev–Trinajstić information content (AvgIpc) is 2.22. The van der Waals surface area contributed by atoms with Crippen molar-refractivity contribution in [1.29, 1.82) is 5.41 Å². The molecule has 1 amide bonds. The summed E-state index contributed by atoms with van der Waals surface area (Å²) in [7, 11) is 0. The molecule has 0 aromatic carbocycles. The van der Waals surface area contributed by atoms with E-state index in [4.69, 9.17) is 16.2 Å². The van der Waals surface area contributed by atoms with Crippen LogP contribution in [0.2, 0.25) is 0 Å². The second-order valence-electron chi connectivity index (χ2n) is 2.78. The number of carbonyl (C=O) groups is 2. The van der Waals surface area contributed by atoms with E-state index in [1.165, 1.54) is 11.8 Å². The van der Waals surface area contributed by atoms with Gasteiger partial charge in [-0.1, -0.05) is 0 Å². The molecule has 0 bridgehead atoms. The Kier molecular flexibility index (Phi) is 7.65. The number of rotatable bonds is 8. The van der Waals surface area contributed by atoms with Crippen molar-refractivity contribution in [3.63, 3.8) is 0 Å². The van der Waals surface area contributed by atoms with Gasteiger partial charge in [0.2, 0.25) is 0 Å². The Hall–Kier alpha value is -1.08. The minimum absolute atomic E-state index is 0.415. The first-order chi connectivity index (χ1) is 7.07. The molecule has 86 valence electrons. The Balaban J connectivity index is 3.29. The third kappa shape index (κ3) is 7.95. The summed E-state index contributed by atoms with van der Waals surface area (Å²) in [6, 6.07) is -0.811. The van der Waals surface area contributed by atoms with Crippen LogP contribution in [0.25, 0.3) is 0 Å². The number of carbonyl (C=O) groups excluding carboxylic acids is 1. The van der Waals surface area contributed by atoms with E-state index in [2.05, 4.69) is 5.32 Å². The van der Waals surface area contributed by atoms with Gasteiger partial charge in [0.15, 0.2) is 0 Å². The molecule has 0 fully saturated rings. The van der Waals surface area contributed by atoms with Crippen LogP contribution >= 0.6 is 11.8 Å². The number of thioether (sulfide) groups is 1. The molecule has 1 atom stereocenters. The third-order valence-corrected chi connectivity index (χ3v) is 2.58. The SMILES string of the molecule is N=CC(=O)NCCSCC[C@H](N)C(=O)O. The number of carboxylic acid groups (broad SMARTS) is 1. The molecule has 0 saturated heterocycles. The van der Waals surface area contributed by atoms with Crippen LogP contribution in [-0.4, -0.2) is 47.3 Å². The molecule has 0 aromatic rings. The van der Waals surface area contributed by atoms with Crippen LogP contribution in [0.5, 0.6) is 0 Å². The van der Waals surface area contributed by atoms with Gasteiger partial charge in [-0.3, -0.25) is 9.59 Å². The zero-order valence-electron chi connectivity index (χ0n) is 8.23. The van der Waals surface area contributed by atoms with E-state index in [9.17, 15) is 9.59 Å². The van der Waals surface area contributed by atoms with Crippen molar-refractivity contribution >= 4 is 29.9 Å². The minimum Gasteiger partial charge on any atom is -0.480 e. The first-order valence-electron chi connectivity index (χ1n) is 4.42. The summed E-state index contributed by atoms with van der Waals surface area (Å²) in [5.41, 5.74) is 5.29. The zero-order valence-corrected chi connectivity index (χ0v) is 9.05. The second-order valence-corrected chi connectivity index (χ2v) is 4.01. The maximum atomic E-state index is 10.6. The van der Waals surface area contributed by atoms with Crippen molar-refractivity contribution < 1.29 is 14.7 Å². The summed E-state index contributed by atoms with van der Waals surface area (Å²) in [5, 5.41) is 17.6. The standard InChI is InChI=1S/C8H15N3O3S/c9-5-7(12)11-2-4-15-3-1-6(10)8(13)14/h5-6,9H,1-4,10H2,(H,11,12)(H,13,14)/t6-/m0/s1. The molecule has 0 aliphatic rings. The fourth-order valence-corrected chi connectivity index (χ4v) is 1.60. The van der Waals surface area contributed by atoms with Crippen LogP contribution in [-0.2, 0) is 9.59 Å². The number of aliphatic carboxylic acids is 1. The highest BCUT2D eigenvalue weighted by atomic mass is 32.2. The Labute approximate surface area is 92.1 Å². The smallest absolute Gasteiger partial charge is 0.320 e. The largest absolute Gasteiger partial charge is 0.480 e. The molecule has 7 heteroatoms. The first kappa shape index (κ1) is 13.9. The summed E-state index contributed by atoms with van der Waals surface area (Å²) in [5.74, 6) is -0.0784. The lowest BCUT2D eigenvalue weighted by atomic mass is 10.2. The Morgan fingerprint density at radius 1 is 1.53 bits per heavy atom. The lowest BCUT2D eigenvalue weighted by molar-refractivity contribution is -0.138. The number of hydrogen-bond donors (Lipinski definition) is 4. The molecule has 0 saturated carbocycles. The van der Waals surface area contributed by atoms with Gasteiger partial charge in [0.1, 0.15) is 6.04 Å². The summed E-state index contributed by atoms with van der Waals surface area (Å²) in [4.78, 5) is 20.9. The van der Waals surface area contributed by atoms with Gasteiger partial charge in [-0.2, -0.15) is 11.8 Å². The van der Waals surface area contributed by atoms with Gasteiger partial charge in [0.05, 0.1) is 6.21 Å². The molecule has 0 heterocycles. The van der Waals surface area contributed by atoms with E-state index in [0.29, 0.717) is 30.7 Å². The Bertz CT molecular complexity index is 235. The van der Waals surface area contributed by atoms with Crippen LogP contribution in [0.1, 0.15) is 6.42 Å². The van der Waals surface area contributed by atoms with E-state index in [1.54, 1.807) is 0 Å². The molecule has 0 spiro atoms. The molecule has 5 N–H and O–H groups in total. The van der Waals surface area contributed by atoms with Crippen LogP contribution in [0.4, 0.5) is 0 Å². The lowest BCUT2D eigenvalue weighted by Gasteiger charge is -2.05.